The van der Waals surface area contributed by atoms with Crippen LogP contribution in [0.4, 0.5) is 0 Å². The highest BCUT2D eigenvalue weighted by Gasteiger charge is 2.23. The van der Waals surface area contributed by atoms with E-state index in [0.717, 1.165) is 22.3 Å². The average Bonchev–Trinajstić information content (AvgIpc) is 2.46. The lowest BCUT2D eigenvalue weighted by Gasteiger charge is -2.16. The Morgan fingerprint density at radius 2 is 2.58 bits per heavy atom. The highest BCUT2D eigenvalue weighted by Crippen LogP contribution is 2.25. The van der Waals surface area contributed by atoms with Gasteiger partial charge in [-0.15, -0.1) is 0 Å². The molecule has 64 valence electrons. The molecule has 2 aliphatic rings. The fourth-order valence-electron chi connectivity index (χ4n) is 1.05. The molecule has 2 N–H and O–H groups in total. The normalized spacial score (nSPS) is 21.4. The third-order valence-corrected chi connectivity index (χ3v) is 2.74. The molecular weight excluding hydrogens is 172 g/mol. The first kappa shape index (κ1) is 7.67. The molecule has 0 saturated heterocycles. The number of hydrazone groups is 1. The van der Waals surface area contributed by atoms with Crippen LogP contribution < -0.4 is 5.73 Å². The lowest BCUT2D eigenvalue weighted by molar-refractivity contribution is 0.487. The molecule has 0 amide bonds. The first-order valence-electron chi connectivity index (χ1n) is 3.85. The molecule has 0 radical (unpaired) electrons. The van der Waals surface area contributed by atoms with Gasteiger partial charge in [-0.2, -0.15) is 5.10 Å². The number of hydrogen-bond acceptors (Lipinski definition) is 5. The molecule has 4 nitrogen and oxygen atoms in total. The smallest absolute Gasteiger partial charge is 0.191 e. The van der Waals surface area contributed by atoms with E-state index in [2.05, 4.69) is 17.0 Å². The van der Waals surface area contributed by atoms with Gasteiger partial charge in [0.05, 0.1) is 12.7 Å². The van der Waals surface area contributed by atoms with Crippen molar-refractivity contribution in [3.63, 3.8) is 0 Å². The Balaban J connectivity index is 2.20. The summed E-state index contributed by atoms with van der Waals surface area (Å²) in [5.74, 6) is 0. The molecule has 0 unspecified atom stereocenters. The van der Waals surface area contributed by atoms with Gasteiger partial charge in [0.2, 0.25) is 0 Å². The molecule has 0 aromatic carbocycles. The van der Waals surface area contributed by atoms with Crippen molar-refractivity contribution >= 4 is 22.0 Å². The van der Waals surface area contributed by atoms with Crippen LogP contribution in [0.1, 0.15) is 13.3 Å². The Labute approximate surface area is 75.2 Å². The lowest BCUT2D eigenvalue weighted by atomic mass is 10.4. The number of aliphatic imine (C=N–C) groups is 1. The summed E-state index contributed by atoms with van der Waals surface area (Å²) < 4.78 is 0. The zero-order chi connectivity index (χ0) is 8.55. The van der Waals surface area contributed by atoms with Crippen LogP contribution in [0.5, 0.6) is 0 Å². The quantitative estimate of drug-likeness (QED) is 0.656. The van der Waals surface area contributed by atoms with E-state index < -0.39 is 0 Å². The minimum Gasteiger partial charge on any atom is -0.399 e. The molecule has 0 fully saturated rings. The van der Waals surface area contributed by atoms with Gasteiger partial charge >= 0.3 is 0 Å². The molecule has 0 spiro atoms. The molecule has 12 heavy (non-hydrogen) atoms. The molecule has 2 aliphatic heterocycles. The van der Waals surface area contributed by atoms with Gasteiger partial charge < -0.3 is 5.73 Å². The van der Waals surface area contributed by atoms with Crippen LogP contribution in [0.15, 0.2) is 22.0 Å². The van der Waals surface area contributed by atoms with Crippen molar-refractivity contribution in [3.8, 4) is 0 Å². The zero-order valence-electron chi connectivity index (χ0n) is 6.82. The SMILES string of the molecule is CCC1=NN2CC(N)=CN=C2S1. The van der Waals surface area contributed by atoms with Crippen LogP contribution in [0, 0.1) is 0 Å². The summed E-state index contributed by atoms with van der Waals surface area (Å²) in [4.78, 5) is 4.17. The van der Waals surface area contributed by atoms with Crippen LogP contribution in [-0.4, -0.2) is 21.8 Å². The number of hydrogen-bond donors (Lipinski definition) is 1. The molecule has 0 aromatic heterocycles. The first-order chi connectivity index (χ1) is 5.79. The maximum atomic E-state index is 5.61. The third kappa shape index (κ3) is 1.20. The number of thioether (sulfide) groups is 1. The topological polar surface area (TPSA) is 54.0 Å². The van der Waals surface area contributed by atoms with Crippen molar-refractivity contribution in [1.82, 2.24) is 5.01 Å². The summed E-state index contributed by atoms with van der Waals surface area (Å²) in [5, 5.41) is 8.24. The van der Waals surface area contributed by atoms with Gasteiger partial charge in [0.15, 0.2) is 5.17 Å². The zero-order valence-corrected chi connectivity index (χ0v) is 7.64. The van der Waals surface area contributed by atoms with Gasteiger partial charge in [0.25, 0.3) is 0 Å². The van der Waals surface area contributed by atoms with E-state index in [1.807, 2.05) is 5.01 Å². The van der Waals surface area contributed by atoms with Gasteiger partial charge in [-0.25, -0.2) is 10.0 Å². The molecule has 2 heterocycles. The fourth-order valence-corrected chi connectivity index (χ4v) is 1.86. The average molecular weight is 182 g/mol. The summed E-state index contributed by atoms with van der Waals surface area (Å²) in [7, 11) is 0. The van der Waals surface area contributed by atoms with E-state index in [0.29, 0.717) is 6.54 Å². The van der Waals surface area contributed by atoms with Gasteiger partial charge in [-0.1, -0.05) is 6.92 Å². The molecule has 0 bridgehead atoms. The number of rotatable bonds is 1. The monoisotopic (exact) mass is 182 g/mol. The second-order valence-corrected chi connectivity index (χ2v) is 3.66. The number of nitrogens with zero attached hydrogens (tertiary/aromatic N) is 3. The van der Waals surface area contributed by atoms with Crippen molar-refractivity contribution in [2.45, 2.75) is 13.3 Å². The maximum absolute atomic E-state index is 5.61. The van der Waals surface area contributed by atoms with Crippen LogP contribution in [-0.2, 0) is 0 Å². The first-order valence-corrected chi connectivity index (χ1v) is 4.66. The molecule has 2 rings (SSSR count). The van der Waals surface area contributed by atoms with Gasteiger partial charge in [-0.3, -0.25) is 0 Å². The van der Waals surface area contributed by atoms with E-state index >= 15 is 0 Å². The van der Waals surface area contributed by atoms with Crippen LogP contribution in [0.3, 0.4) is 0 Å². The third-order valence-electron chi connectivity index (χ3n) is 1.64. The highest BCUT2D eigenvalue weighted by atomic mass is 32.2. The maximum Gasteiger partial charge on any atom is 0.191 e. The molecule has 0 atom stereocenters. The van der Waals surface area contributed by atoms with E-state index in [1.165, 1.54) is 0 Å². The Bertz CT molecular complexity index is 292. The van der Waals surface area contributed by atoms with Crippen LogP contribution >= 0.6 is 11.8 Å². The largest absolute Gasteiger partial charge is 0.399 e. The standard InChI is InChI=1S/C7H10N4S/c1-2-6-10-11-4-5(8)3-9-7(11)12-6/h3H,2,4,8H2,1H3. The molecule has 0 saturated carbocycles. The summed E-state index contributed by atoms with van der Waals surface area (Å²) in [6.45, 7) is 2.76. The minimum absolute atomic E-state index is 0.676. The molecular formula is C7H10N4S. The van der Waals surface area contributed by atoms with E-state index in [1.54, 1.807) is 18.0 Å². The highest BCUT2D eigenvalue weighted by molar-refractivity contribution is 8.26. The van der Waals surface area contributed by atoms with Crippen molar-refractivity contribution in [2.24, 2.45) is 15.8 Å². The summed E-state index contributed by atoms with van der Waals surface area (Å²) in [6, 6.07) is 0. The van der Waals surface area contributed by atoms with Crippen molar-refractivity contribution in [2.75, 3.05) is 6.54 Å². The second kappa shape index (κ2) is 2.82. The summed E-state index contributed by atoms with van der Waals surface area (Å²) in [5.41, 5.74) is 6.38. The Morgan fingerprint density at radius 3 is 3.33 bits per heavy atom. The molecule has 0 aliphatic carbocycles. The van der Waals surface area contributed by atoms with E-state index in [4.69, 9.17) is 5.73 Å². The van der Waals surface area contributed by atoms with Gasteiger partial charge in [0, 0.05) is 5.70 Å². The van der Waals surface area contributed by atoms with E-state index in [9.17, 15) is 0 Å². The molecule has 0 aromatic rings. The van der Waals surface area contributed by atoms with Crippen molar-refractivity contribution in [1.29, 1.82) is 0 Å². The Kier molecular flexibility index (Phi) is 1.80. The predicted octanol–water partition coefficient (Wildman–Crippen LogP) is 0.928. The number of amidine groups is 1. The Morgan fingerprint density at radius 1 is 1.75 bits per heavy atom. The lowest BCUT2D eigenvalue weighted by Crippen LogP contribution is -2.27. The van der Waals surface area contributed by atoms with Crippen LogP contribution in [0.2, 0.25) is 0 Å². The summed E-state index contributed by atoms with van der Waals surface area (Å²) >= 11 is 1.62. The van der Waals surface area contributed by atoms with E-state index in [-0.39, 0.29) is 0 Å². The van der Waals surface area contributed by atoms with Gasteiger partial charge in [-0.05, 0) is 18.2 Å². The number of nitrogens with two attached hydrogens (primary N) is 1. The van der Waals surface area contributed by atoms with Gasteiger partial charge in [0.1, 0.15) is 5.04 Å². The predicted molar refractivity (Wildman–Crippen MR) is 51.7 cm³/mol. The second-order valence-electron chi connectivity index (χ2n) is 2.62. The Hall–Kier alpha value is -0.970. The van der Waals surface area contributed by atoms with Crippen molar-refractivity contribution < 1.29 is 0 Å². The van der Waals surface area contributed by atoms with Crippen molar-refractivity contribution in [3.05, 3.63) is 11.9 Å². The van der Waals surface area contributed by atoms with Crippen LogP contribution in [0.25, 0.3) is 0 Å². The minimum atomic E-state index is 0.676. The summed E-state index contributed by atoms with van der Waals surface area (Å²) in [6.07, 6.45) is 2.66. The fraction of sp³-hybridized carbons (Fsp3) is 0.429. The molecule has 5 heteroatoms. The number of fused-ring (bicyclic) bond motifs is 1.